The normalized spacial score (nSPS) is 12.0. The van der Waals surface area contributed by atoms with Crippen LogP contribution in [0.25, 0.3) is 22.6 Å². The van der Waals surface area contributed by atoms with Crippen molar-refractivity contribution in [2.75, 3.05) is 18.5 Å². The molecule has 37 heavy (non-hydrogen) atoms. The van der Waals surface area contributed by atoms with E-state index in [0.29, 0.717) is 17.4 Å². The van der Waals surface area contributed by atoms with Crippen LogP contribution in [0.1, 0.15) is 21.6 Å². The summed E-state index contributed by atoms with van der Waals surface area (Å²) in [6.45, 7) is -0.491. The predicted octanol–water partition coefficient (Wildman–Crippen LogP) is 4.59. The Morgan fingerprint density at radius 3 is 2.27 bits per heavy atom. The van der Waals surface area contributed by atoms with Gasteiger partial charge in [-0.05, 0) is 42.5 Å². The molecule has 0 fully saturated rings. The third-order valence-corrected chi connectivity index (χ3v) is 5.01. The van der Waals surface area contributed by atoms with Crippen LogP contribution < -0.4 is 10.6 Å². The first-order chi connectivity index (χ1) is 17.5. The number of halogens is 6. The summed E-state index contributed by atoms with van der Waals surface area (Å²) in [5, 5.41) is 14.0. The van der Waals surface area contributed by atoms with Gasteiger partial charge in [-0.25, -0.2) is 19.9 Å². The number of nitrogens with zero attached hydrogens (tertiary/aromatic N) is 4. The van der Waals surface area contributed by atoms with E-state index in [0.717, 1.165) is 24.4 Å². The minimum absolute atomic E-state index is 0.0699. The number of pyridine rings is 2. The number of rotatable bonds is 6. The maximum Gasteiger partial charge on any atom is 0.418 e. The molecule has 0 spiro atoms. The summed E-state index contributed by atoms with van der Waals surface area (Å²) in [7, 11) is 0. The molecule has 0 saturated heterocycles. The third kappa shape index (κ3) is 5.74. The molecule has 3 N–H and O–H groups in total. The van der Waals surface area contributed by atoms with Gasteiger partial charge in [0.25, 0.3) is 5.91 Å². The van der Waals surface area contributed by atoms with Crippen molar-refractivity contribution in [1.29, 1.82) is 0 Å². The van der Waals surface area contributed by atoms with Crippen molar-refractivity contribution in [3.05, 3.63) is 71.7 Å². The Balaban J connectivity index is 1.72. The van der Waals surface area contributed by atoms with E-state index in [9.17, 15) is 31.1 Å². The number of carbonyl (C=O) groups is 1. The first-order valence-corrected chi connectivity index (χ1v) is 10.5. The second-order valence-electron chi connectivity index (χ2n) is 7.56. The van der Waals surface area contributed by atoms with Crippen molar-refractivity contribution in [1.82, 2.24) is 25.3 Å². The molecule has 3 heterocycles. The number of amides is 1. The van der Waals surface area contributed by atoms with Gasteiger partial charge in [-0.1, -0.05) is 0 Å². The van der Waals surface area contributed by atoms with Crippen molar-refractivity contribution < 1.29 is 36.2 Å². The second kappa shape index (κ2) is 9.97. The fourth-order valence-electron chi connectivity index (χ4n) is 3.30. The summed E-state index contributed by atoms with van der Waals surface area (Å²) in [4.78, 5) is 28.3. The molecule has 0 saturated carbocycles. The minimum atomic E-state index is -4.82. The summed E-state index contributed by atoms with van der Waals surface area (Å²) in [6, 6.07) is 7.27. The van der Waals surface area contributed by atoms with E-state index in [1.807, 2.05) is 0 Å². The highest BCUT2D eigenvalue weighted by atomic mass is 19.4. The molecule has 8 nitrogen and oxygen atoms in total. The lowest BCUT2D eigenvalue weighted by Crippen LogP contribution is -2.27. The monoisotopic (exact) mass is 522 g/mol. The first-order valence-electron chi connectivity index (χ1n) is 10.5. The SMILES string of the molecule is O=C(NCCO)c1ccc(C(F)(F)F)c(-c2cnc3c(Nc4ccc(C(F)(F)F)cc4)ccnc3n2)n1. The molecule has 1 amide bonds. The molecule has 4 aromatic rings. The average molecular weight is 522 g/mol. The number of fused-ring (bicyclic) bond motifs is 1. The van der Waals surface area contributed by atoms with Crippen LogP contribution in [0.4, 0.5) is 37.7 Å². The van der Waals surface area contributed by atoms with Crippen molar-refractivity contribution in [3.63, 3.8) is 0 Å². The quantitative estimate of drug-likeness (QED) is 0.318. The largest absolute Gasteiger partial charge is 0.418 e. The lowest BCUT2D eigenvalue weighted by atomic mass is 10.1. The standard InChI is InChI=1S/C23H16F6N6O2/c24-22(25,26)12-1-3-13(4-2-12)33-15-7-8-30-20-19(15)32-11-17(35-20)18-14(23(27,28)29)5-6-16(34-18)21(37)31-9-10-36/h1-8,11,36H,9-10H2,(H,31,37)(H,30,33,35). The highest BCUT2D eigenvalue weighted by molar-refractivity contribution is 5.93. The molecular weight excluding hydrogens is 506 g/mol. The van der Waals surface area contributed by atoms with Gasteiger partial charge in [0.2, 0.25) is 0 Å². The average Bonchev–Trinajstić information content (AvgIpc) is 2.86. The number of aliphatic hydroxyl groups is 1. The van der Waals surface area contributed by atoms with Gasteiger partial charge >= 0.3 is 12.4 Å². The summed E-state index contributed by atoms with van der Waals surface area (Å²) in [6.07, 6.45) is -7.00. The van der Waals surface area contributed by atoms with Gasteiger partial charge in [-0.3, -0.25) is 4.79 Å². The van der Waals surface area contributed by atoms with Gasteiger partial charge in [-0.15, -0.1) is 0 Å². The zero-order valence-corrected chi connectivity index (χ0v) is 18.5. The highest BCUT2D eigenvalue weighted by Crippen LogP contribution is 2.36. The van der Waals surface area contributed by atoms with Crippen LogP contribution in [-0.4, -0.2) is 44.1 Å². The van der Waals surface area contributed by atoms with Gasteiger partial charge in [0, 0.05) is 18.4 Å². The van der Waals surface area contributed by atoms with E-state index in [-0.39, 0.29) is 35.7 Å². The lowest BCUT2D eigenvalue weighted by Gasteiger charge is -2.14. The number of alkyl halides is 6. The third-order valence-electron chi connectivity index (χ3n) is 5.01. The van der Waals surface area contributed by atoms with Gasteiger partial charge < -0.3 is 15.7 Å². The Labute approximate surface area is 204 Å². The number of hydrogen-bond acceptors (Lipinski definition) is 7. The molecule has 0 aliphatic rings. The Bertz CT molecular complexity index is 1440. The van der Waals surface area contributed by atoms with Crippen LogP contribution in [0.3, 0.4) is 0 Å². The number of benzene rings is 1. The van der Waals surface area contributed by atoms with Gasteiger partial charge in [0.15, 0.2) is 5.65 Å². The first kappa shape index (κ1) is 25.8. The van der Waals surface area contributed by atoms with Crippen molar-refractivity contribution in [3.8, 4) is 11.4 Å². The van der Waals surface area contributed by atoms with E-state index >= 15 is 0 Å². The summed E-state index contributed by atoms with van der Waals surface area (Å²) < 4.78 is 79.4. The molecule has 1 aromatic carbocycles. The van der Waals surface area contributed by atoms with E-state index < -0.39 is 35.1 Å². The van der Waals surface area contributed by atoms with E-state index in [2.05, 4.69) is 30.6 Å². The fourth-order valence-corrected chi connectivity index (χ4v) is 3.30. The molecule has 0 radical (unpaired) electrons. The molecule has 0 atom stereocenters. The zero-order valence-electron chi connectivity index (χ0n) is 18.5. The van der Waals surface area contributed by atoms with Gasteiger partial charge in [0.05, 0.1) is 29.6 Å². The number of nitrogens with one attached hydrogen (secondary N) is 2. The maximum atomic E-state index is 13.7. The van der Waals surface area contributed by atoms with Gasteiger partial charge in [0.1, 0.15) is 22.6 Å². The van der Waals surface area contributed by atoms with Crippen molar-refractivity contribution >= 4 is 28.4 Å². The Kier molecular flexibility index (Phi) is 6.94. The van der Waals surface area contributed by atoms with Crippen LogP contribution in [-0.2, 0) is 12.4 Å². The Hall–Kier alpha value is -4.33. The number of aliphatic hydroxyl groups excluding tert-OH is 1. The van der Waals surface area contributed by atoms with E-state index in [1.54, 1.807) is 0 Å². The fraction of sp³-hybridized carbons (Fsp3) is 0.174. The molecule has 0 aliphatic carbocycles. The topological polar surface area (TPSA) is 113 Å². The maximum absolute atomic E-state index is 13.7. The molecule has 14 heteroatoms. The number of carbonyl (C=O) groups excluding carboxylic acids is 1. The minimum Gasteiger partial charge on any atom is -0.395 e. The van der Waals surface area contributed by atoms with Crippen molar-refractivity contribution in [2.24, 2.45) is 0 Å². The van der Waals surface area contributed by atoms with E-state index in [1.165, 1.54) is 24.4 Å². The molecule has 0 bridgehead atoms. The lowest BCUT2D eigenvalue weighted by molar-refractivity contribution is -0.138. The molecule has 3 aromatic heterocycles. The zero-order chi connectivity index (χ0) is 26.8. The van der Waals surface area contributed by atoms with Gasteiger partial charge in [-0.2, -0.15) is 26.3 Å². The number of aromatic nitrogens is 4. The smallest absolute Gasteiger partial charge is 0.395 e. The molecular formula is C23H16F6N6O2. The molecule has 0 aliphatic heterocycles. The van der Waals surface area contributed by atoms with Crippen LogP contribution in [0.15, 0.2) is 54.9 Å². The molecule has 4 rings (SSSR count). The second-order valence-corrected chi connectivity index (χ2v) is 7.56. The van der Waals surface area contributed by atoms with Crippen LogP contribution >= 0.6 is 0 Å². The van der Waals surface area contributed by atoms with Crippen LogP contribution in [0, 0.1) is 0 Å². The van der Waals surface area contributed by atoms with Crippen LogP contribution in [0.2, 0.25) is 0 Å². The summed E-state index contributed by atoms with van der Waals surface area (Å²) in [5.41, 5.74) is -2.61. The highest BCUT2D eigenvalue weighted by Gasteiger charge is 2.36. The van der Waals surface area contributed by atoms with E-state index in [4.69, 9.17) is 5.11 Å². The summed E-state index contributed by atoms with van der Waals surface area (Å²) >= 11 is 0. The van der Waals surface area contributed by atoms with Crippen molar-refractivity contribution in [2.45, 2.75) is 12.4 Å². The number of hydrogen-bond donors (Lipinski definition) is 3. The predicted molar refractivity (Wildman–Crippen MR) is 120 cm³/mol. The Morgan fingerprint density at radius 1 is 0.892 bits per heavy atom. The van der Waals surface area contributed by atoms with Crippen LogP contribution in [0.5, 0.6) is 0 Å². The number of anilines is 2. The summed E-state index contributed by atoms with van der Waals surface area (Å²) in [5.74, 6) is -0.793. The molecule has 192 valence electrons. The Morgan fingerprint density at radius 2 is 1.62 bits per heavy atom. The molecule has 0 unspecified atom stereocenters.